The third-order valence-electron chi connectivity index (χ3n) is 4.17. The van der Waals surface area contributed by atoms with Crippen molar-refractivity contribution in [2.75, 3.05) is 36.5 Å². The van der Waals surface area contributed by atoms with Crippen LogP contribution < -0.4 is 10.2 Å². The van der Waals surface area contributed by atoms with Gasteiger partial charge in [0.15, 0.2) is 0 Å². The molecule has 6 nitrogen and oxygen atoms in total. The lowest BCUT2D eigenvalue weighted by Gasteiger charge is -2.27. The van der Waals surface area contributed by atoms with Crippen molar-refractivity contribution in [1.82, 2.24) is 9.97 Å². The molecule has 0 bridgehead atoms. The molecule has 3 heterocycles. The fourth-order valence-corrected chi connectivity index (χ4v) is 3.24. The maximum Gasteiger partial charge on any atom is 0.272 e. The number of amides is 1. The number of carbonyl (C=O) groups excluding carboxylic acids is 1. The van der Waals surface area contributed by atoms with E-state index in [9.17, 15) is 4.79 Å². The second kappa shape index (κ2) is 6.85. The molecule has 128 valence electrons. The predicted molar refractivity (Wildman–Crippen MR) is 101 cm³/mol. The van der Waals surface area contributed by atoms with Gasteiger partial charge >= 0.3 is 0 Å². The van der Waals surface area contributed by atoms with Gasteiger partial charge < -0.3 is 19.9 Å². The minimum Gasteiger partial charge on any atom is -0.378 e. The van der Waals surface area contributed by atoms with Gasteiger partial charge in [0.05, 0.1) is 25.1 Å². The number of H-pyrrole nitrogens is 1. The fraction of sp³-hybridized carbons (Fsp3) is 0.222. The molecule has 1 saturated heterocycles. The van der Waals surface area contributed by atoms with Crippen molar-refractivity contribution >= 4 is 44.2 Å². The Hall–Kier alpha value is -2.38. The summed E-state index contributed by atoms with van der Waals surface area (Å²) in [4.78, 5) is 22.2. The Morgan fingerprint density at radius 2 is 2.04 bits per heavy atom. The number of carbonyl (C=O) groups is 1. The van der Waals surface area contributed by atoms with E-state index >= 15 is 0 Å². The van der Waals surface area contributed by atoms with Gasteiger partial charge in [-0.1, -0.05) is 15.9 Å². The van der Waals surface area contributed by atoms with Gasteiger partial charge in [-0.3, -0.25) is 4.79 Å². The monoisotopic (exact) mass is 400 g/mol. The summed E-state index contributed by atoms with van der Waals surface area (Å²) < 4.78 is 6.33. The van der Waals surface area contributed by atoms with Gasteiger partial charge in [0.25, 0.3) is 5.91 Å². The first-order valence-corrected chi connectivity index (χ1v) is 8.87. The third kappa shape index (κ3) is 3.52. The summed E-state index contributed by atoms with van der Waals surface area (Å²) in [5.74, 6) is 0.713. The van der Waals surface area contributed by atoms with Crippen molar-refractivity contribution in [1.29, 1.82) is 0 Å². The Morgan fingerprint density at radius 3 is 2.80 bits per heavy atom. The zero-order chi connectivity index (χ0) is 17.2. The molecular weight excluding hydrogens is 384 g/mol. The summed E-state index contributed by atoms with van der Waals surface area (Å²) in [6.07, 6.45) is 1.68. The highest BCUT2D eigenvalue weighted by atomic mass is 79.9. The Kier molecular flexibility index (Phi) is 4.42. The number of benzene rings is 1. The summed E-state index contributed by atoms with van der Waals surface area (Å²) in [6, 6.07) is 11.5. The first-order chi connectivity index (χ1) is 12.2. The van der Waals surface area contributed by atoms with Crippen LogP contribution in [0.2, 0.25) is 0 Å². The molecule has 2 N–H and O–H groups in total. The van der Waals surface area contributed by atoms with Crippen LogP contribution in [0.1, 0.15) is 10.5 Å². The molecule has 1 aliphatic heterocycles. The lowest BCUT2D eigenvalue weighted by atomic mass is 10.2. The highest BCUT2D eigenvalue weighted by molar-refractivity contribution is 9.10. The summed E-state index contributed by atoms with van der Waals surface area (Å²) >= 11 is 3.44. The number of hydrogen-bond donors (Lipinski definition) is 2. The summed E-state index contributed by atoms with van der Waals surface area (Å²) in [7, 11) is 0. The van der Waals surface area contributed by atoms with Crippen LogP contribution in [0.4, 0.5) is 11.5 Å². The van der Waals surface area contributed by atoms with Gasteiger partial charge in [0.2, 0.25) is 0 Å². The maximum absolute atomic E-state index is 12.4. The maximum atomic E-state index is 12.4. The molecule has 25 heavy (non-hydrogen) atoms. The molecular formula is C18H17BrN4O2. The third-order valence-corrected chi connectivity index (χ3v) is 4.66. The van der Waals surface area contributed by atoms with E-state index < -0.39 is 0 Å². The van der Waals surface area contributed by atoms with Crippen LogP contribution in [-0.4, -0.2) is 42.2 Å². The minimum absolute atomic E-state index is 0.187. The Balaban J connectivity index is 1.47. The molecule has 0 atom stereocenters. The number of aromatic nitrogens is 2. The highest BCUT2D eigenvalue weighted by Crippen LogP contribution is 2.21. The zero-order valence-electron chi connectivity index (χ0n) is 13.5. The first-order valence-electron chi connectivity index (χ1n) is 8.07. The van der Waals surface area contributed by atoms with Crippen molar-refractivity contribution in [2.24, 2.45) is 0 Å². The number of fused-ring (bicyclic) bond motifs is 1. The molecule has 1 amide bonds. The van der Waals surface area contributed by atoms with Crippen LogP contribution in [-0.2, 0) is 4.74 Å². The smallest absolute Gasteiger partial charge is 0.272 e. The van der Waals surface area contributed by atoms with E-state index in [0.29, 0.717) is 11.4 Å². The molecule has 0 spiro atoms. The molecule has 0 aliphatic carbocycles. The Labute approximate surface area is 153 Å². The molecule has 1 fully saturated rings. The molecule has 1 aliphatic rings. The van der Waals surface area contributed by atoms with Crippen molar-refractivity contribution in [3.8, 4) is 0 Å². The number of pyridine rings is 1. The van der Waals surface area contributed by atoms with Gasteiger partial charge in [-0.15, -0.1) is 0 Å². The van der Waals surface area contributed by atoms with Gasteiger partial charge in [0.1, 0.15) is 11.5 Å². The van der Waals surface area contributed by atoms with Crippen molar-refractivity contribution in [3.63, 3.8) is 0 Å². The number of halogens is 1. The lowest BCUT2D eigenvalue weighted by Crippen LogP contribution is -2.36. The van der Waals surface area contributed by atoms with Crippen molar-refractivity contribution < 1.29 is 9.53 Å². The summed E-state index contributed by atoms with van der Waals surface area (Å²) in [6.45, 7) is 3.11. The van der Waals surface area contributed by atoms with E-state index in [1.54, 1.807) is 6.20 Å². The van der Waals surface area contributed by atoms with Crippen LogP contribution in [0.5, 0.6) is 0 Å². The van der Waals surface area contributed by atoms with Crippen molar-refractivity contribution in [3.05, 3.63) is 52.8 Å². The molecule has 0 radical (unpaired) electrons. The molecule has 4 rings (SSSR count). The highest BCUT2D eigenvalue weighted by Gasteiger charge is 2.13. The number of rotatable bonds is 3. The summed E-state index contributed by atoms with van der Waals surface area (Å²) in [5, 5.41) is 3.86. The van der Waals surface area contributed by atoms with Crippen LogP contribution in [0.25, 0.3) is 10.9 Å². The van der Waals surface area contributed by atoms with E-state index in [2.05, 4.69) is 36.1 Å². The predicted octanol–water partition coefficient (Wildman–Crippen LogP) is 3.41. The summed E-state index contributed by atoms with van der Waals surface area (Å²) in [5.41, 5.74) is 2.11. The second-order valence-electron chi connectivity index (χ2n) is 5.87. The second-order valence-corrected chi connectivity index (χ2v) is 6.79. The minimum atomic E-state index is -0.187. The number of nitrogens with zero attached hydrogens (tertiary/aromatic N) is 2. The number of anilines is 2. The number of morpholine rings is 1. The standard InChI is InChI=1S/C18H17BrN4O2/c19-13-1-3-15-12(9-13)10-16(22-15)18(24)21-14-2-4-17(20-11-14)23-5-7-25-8-6-23/h1-4,9-11,22H,5-8H2,(H,21,24). The SMILES string of the molecule is O=C(Nc1ccc(N2CCOCC2)nc1)c1cc2cc(Br)ccc2[nH]1. The molecule has 3 aromatic rings. The van der Waals surface area contributed by atoms with Crippen LogP contribution in [0, 0.1) is 0 Å². The number of hydrogen-bond acceptors (Lipinski definition) is 4. The van der Waals surface area contributed by atoms with E-state index in [-0.39, 0.29) is 5.91 Å². The van der Waals surface area contributed by atoms with Crippen molar-refractivity contribution in [2.45, 2.75) is 0 Å². The van der Waals surface area contributed by atoms with E-state index in [1.165, 1.54) is 0 Å². The van der Waals surface area contributed by atoms with Crippen LogP contribution in [0.15, 0.2) is 47.1 Å². The fourth-order valence-electron chi connectivity index (χ4n) is 2.86. The topological polar surface area (TPSA) is 70.2 Å². The Morgan fingerprint density at radius 1 is 1.20 bits per heavy atom. The van der Waals surface area contributed by atoms with Gasteiger partial charge in [-0.2, -0.15) is 0 Å². The quantitative estimate of drug-likeness (QED) is 0.706. The molecule has 0 unspecified atom stereocenters. The van der Waals surface area contributed by atoms with Gasteiger partial charge in [-0.25, -0.2) is 4.98 Å². The van der Waals surface area contributed by atoms with E-state index in [4.69, 9.17) is 4.74 Å². The normalized spacial score (nSPS) is 14.7. The van der Waals surface area contributed by atoms with E-state index in [1.807, 2.05) is 36.4 Å². The Bertz CT molecular complexity index is 901. The van der Waals surface area contributed by atoms with Crippen LogP contribution >= 0.6 is 15.9 Å². The lowest BCUT2D eigenvalue weighted by molar-refractivity contribution is 0.102. The average molecular weight is 401 g/mol. The largest absolute Gasteiger partial charge is 0.378 e. The number of aromatic amines is 1. The van der Waals surface area contributed by atoms with Crippen LogP contribution in [0.3, 0.4) is 0 Å². The molecule has 1 aromatic carbocycles. The molecule has 0 saturated carbocycles. The van der Waals surface area contributed by atoms with E-state index in [0.717, 1.165) is 47.5 Å². The average Bonchev–Trinajstić information content (AvgIpc) is 3.06. The molecule has 2 aromatic heterocycles. The zero-order valence-corrected chi connectivity index (χ0v) is 15.0. The van der Waals surface area contributed by atoms with Gasteiger partial charge in [0, 0.05) is 28.5 Å². The number of ether oxygens (including phenoxy) is 1. The molecule has 7 heteroatoms. The first kappa shape index (κ1) is 16.1. The van der Waals surface area contributed by atoms with Gasteiger partial charge in [-0.05, 0) is 36.4 Å². The number of nitrogens with one attached hydrogen (secondary N) is 2.